The van der Waals surface area contributed by atoms with Gasteiger partial charge >= 0.3 is 5.97 Å². The molecule has 1 aromatic carbocycles. The Balaban J connectivity index is 1.59. The Labute approximate surface area is 146 Å². The third-order valence-electron chi connectivity index (χ3n) is 3.06. The van der Waals surface area contributed by atoms with Crippen molar-refractivity contribution in [1.29, 1.82) is 0 Å². The van der Waals surface area contributed by atoms with Crippen molar-refractivity contribution in [2.24, 2.45) is 0 Å². The topological polar surface area (TPSA) is 103 Å². The largest absolute Gasteiger partial charge is 0.484 e. The van der Waals surface area contributed by atoms with Crippen molar-refractivity contribution in [3.05, 3.63) is 28.7 Å². The standard InChI is InChI=1S/C15H17BrN2O6/c16-10-3-5-11(6-4-10)23-8-13(19)17-18-14(20)9-24-15(21)12-2-1-7-22-12/h3-6,12H,1-2,7-9H2,(H,17,19)(H,18,20)/t12-/m0/s1. The van der Waals surface area contributed by atoms with Crippen LogP contribution >= 0.6 is 15.9 Å². The molecule has 0 unspecified atom stereocenters. The van der Waals surface area contributed by atoms with Gasteiger partial charge in [0.1, 0.15) is 5.75 Å². The van der Waals surface area contributed by atoms with Gasteiger partial charge in [0.2, 0.25) is 0 Å². The summed E-state index contributed by atoms with van der Waals surface area (Å²) in [5.41, 5.74) is 4.29. The summed E-state index contributed by atoms with van der Waals surface area (Å²) in [5, 5.41) is 0. The molecule has 2 rings (SSSR count). The van der Waals surface area contributed by atoms with Crippen molar-refractivity contribution in [3.8, 4) is 5.75 Å². The zero-order valence-corrected chi connectivity index (χ0v) is 14.3. The first-order valence-corrected chi connectivity index (χ1v) is 8.08. The first-order chi connectivity index (χ1) is 11.5. The van der Waals surface area contributed by atoms with Crippen molar-refractivity contribution in [3.63, 3.8) is 0 Å². The van der Waals surface area contributed by atoms with Crippen molar-refractivity contribution in [1.82, 2.24) is 10.9 Å². The number of amides is 2. The third-order valence-corrected chi connectivity index (χ3v) is 3.59. The molecule has 8 nitrogen and oxygen atoms in total. The van der Waals surface area contributed by atoms with E-state index in [1.54, 1.807) is 24.3 Å². The Morgan fingerprint density at radius 2 is 1.79 bits per heavy atom. The number of halogens is 1. The molecule has 0 bridgehead atoms. The highest BCUT2D eigenvalue weighted by Crippen LogP contribution is 2.15. The molecule has 0 spiro atoms. The number of nitrogens with one attached hydrogen (secondary N) is 2. The molecule has 1 atom stereocenters. The van der Waals surface area contributed by atoms with Gasteiger partial charge in [0.25, 0.3) is 11.8 Å². The van der Waals surface area contributed by atoms with E-state index in [1.165, 1.54) is 0 Å². The van der Waals surface area contributed by atoms with Crippen LogP contribution in [0.4, 0.5) is 0 Å². The van der Waals surface area contributed by atoms with E-state index in [1.807, 2.05) is 0 Å². The second kappa shape index (κ2) is 9.24. The lowest BCUT2D eigenvalue weighted by Gasteiger charge is -2.11. The van der Waals surface area contributed by atoms with Crippen molar-refractivity contribution >= 4 is 33.7 Å². The molecule has 0 aliphatic carbocycles. The van der Waals surface area contributed by atoms with E-state index in [0.717, 1.165) is 10.9 Å². The molecule has 9 heteroatoms. The maximum absolute atomic E-state index is 11.5. The second-order valence-electron chi connectivity index (χ2n) is 4.95. The average Bonchev–Trinajstić information content (AvgIpc) is 3.12. The van der Waals surface area contributed by atoms with Gasteiger partial charge in [-0.3, -0.25) is 20.4 Å². The van der Waals surface area contributed by atoms with Crippen molar-refractivity contribution in [2.45, 2.75) is 18.9 Å². The van der Waals surface area contributed by atoms with Gasteiger partial charge in [0, 0.05) is 11.1 Å². The predicted octanol–water partition coefficient (Wildman–Crippen LogP) is 0.697. The fourth-order valence-electron chi connectivity index (χ4n) is 1.88. The van der Waals surface area contributed by atoms with Crippen LogP contribution in [-0.2, 0) is 23.9 Å². The van der Waals surface area contributed by atoms with Gasteiger partial charge in [0.15, 0.2) is 19.3 Å². The minimum Gasteiger partial charge on any atom is -0.484 e. The Hall–Kier alpha value is -2.13. The highest BCUT2D eigenvalue weighted by Gasteiger charge is 2.25. The van der Waals surface area contributed by atoms with E-state index in [4.69, 9.17) is 14.2 Å². The van der Waals surface area contributed by atoms with Gasteiger partial charge in [-0.05, 0) is 37.1 Å². The second-order valence-corrected chi connectivity index (χ2v) is 5.86. The highest BCUT2D eigenvalue weighted by atomic mass is 79.9. The molecule has 1 saturated heterocycles. The molecule has 0 saturated carbocycles. The van der Waals surface area contributed by atoms with E-state index in [2.05, 4.69) is 26.8 Å². The molecule has 0 aromatic heterocycles. The number of ether oxygens (including phenoxy) is 3. The summed E-state index contributed by atoms with van der Waals surface area (Å²) in [6.45, 7) is -0.245. The monoisotopic (exact) mass is 400 g/mol. The molecular weight excluding hydrogens is 384 g/mol. The average molecular weight is 401 g/mol. The summed E-state index contributed by atoms with van der Waals surface area (Å²) >= 11 is 3.29. The van der Waals surface area contributed by atoms with Crippen LogP contribution in [0, 0.1) is 0 Å². The number of rotatable bonds is 6. The summed E-state index contributed by atoms with van der Waals surface area (Å²) in [6.07, 6.45) is 0.775. The van der Waals surface area contributed by atoms with E-state index in [0.29, 0.717) is 18.8 Å². The lowest BCUT2D eigenvalue weighted by atomic mass is 10.2. The van der Waals surface area contributed by atoms with Gasteiger partial charge < -0.3 is 14.2 Å². The number of hydrogen-bond acceptors (Lipinski definition) is 6. The van der Waals surface area contributed by atoms with Crippen molar-refractivity contribution in [2.75, 3.05) is 19.8 Å². The Morgan fingerprint density at radius 1 is 1.12 bits per heavy atom. The molecule has 1 fully saturated rings. The van der Waals surface area contributed by atoms with Crippen LogP contribution in [0.2, 0.25) is 0 Å². The SMILES string of the molecule is O=C(COC(=O)[C@@H]1CCCO1)NNC(=O)COc1ccc(Br)cc1. The van der Waals surface area contributed by atoms with E-state index < -0.39 is 30.5 Å². The first kappa shape index (κ1) is 18.2. The number of benzene rings is 1. The number of esters is 1. The summed E-state index contributed by atoms with van der Waals surface area (Å²) < 4.78 is 16.1. The van der Waals surface area contributed by atoms with Crippen LogP contribution in [0.25, 0.3) is 0 Å². The van der Waals surface area contributed by atoms with Gasteiger partial charge in [-0.15, -0.1) is 0 Å². The number of carbonyl (C=O) groups is 3. The van der Waals surface area contributed by atoms with Crippen LogP contribution in [0.15, 0.2) is 28.7 Å². The fraction of sp³-hybridized carbons (Fsp3) is 0.400. The molecule has 2 N–H and O–H groups in total. The molecule has 2 amide bonds. The molecule has 1 heterocycles. The van der Waals surface area contributed by atoms with Gasteiger partial charge in [-0.25, -0.2) is 4.79 Å². The number of hydrogen-bond donors (Lipinski definition) is 2. The molecule has 1 aliphatic heterocycles. The van der Waals surface area contributed by atoms with Crippen LogP contribution in [0.3, 0.4) is 0 Å². The van der Waals surface area contributed by atoms with Gasteiger partial charge in [0.05, 0.1) is 0 Å². The lowest BCUT2D eigenvalue weighted by molar-refractivity contribution is -0.157. The summed E-state index contributed by atoms with van der Waals surface area (Å²) in [5.74, 6) is -1.26. The van der Waals surface area contributed by atoms with E-state index in [-0.39, 0.29) is 6.61 Å². The normalized spacial score (nSPS) is 16.3. The minimum absolute atomic E-state index is 0.266. The van der Waals surface area contributed by atoms with Gasteiger partial charge in [-0.2, -0.15) is 0 Å². The zero-order chi connectivity index (χ0) is 17.4. The summed E-state index contributed by atoms with van der Waals surface area (Å²) in [4.78, 5) is 34.6. The molecule has 0 radical (unpaired) electrons. The maximum Gasteiger partial charge on any atom is 0.335 e. The molecule has 24 heavy (non-hydrogen) atoms. The third kappa shape index (κ3) is 6.17. The Bertz CT molecular complexity index is 586. The van der Waals surface area contributed by atoms with Crippen LogP contribution in [0.5, 0.6) is 5.75 Å². The zero-order valence-electron chi connectivity index (χ0n) is 12.7. The summed E-state index contributed by atoms with van der Waals surface area (Å²) in [7, 11) is 0. The van der Waals surface area contributed by atoms with Crippen molar-refractivity contribution < 1.29 is 28.6 Å². The molecule has 1 aliphatic rings. The number of carbonyl (C=O) groups excluding carboxylic acids is 3. The molecule has 1 aromatic rings. The Kier molecular flexibility index (Phi) is 7.01. The summed E-state index contributed by atoms with van der Waals surface area (Å²) in [6, 6.07) is 6.94. The predicted molar refractivity (Wildman–Crippen MR) is 85.9 cm³/mol. The minimum atomic E-state index is -0.654. The highest BCUT2D eigenvalue weighted by molar-refractivity contribution is 9.10. The Morgan fingerprint density at radius 3 is 2.42 bits per heavy atom. The lowest BCUT2D eigenvalue weighted by Crippen LogP contribution is -2.45. The maximum atomic E-state index is 11.5. The van der Waals surface area contributed by atoms with Crippen LogP contribution < -0.4 is 15.6 Å². The fourth-order valence-corrected chi connectivity index (χ4v) is 2.15. The molecule has 130 valence electrons. The van der Waals surface area contributed by atoms with Gasteiger partial charge in [-0.1, -0.05) is 15.9 Å². The quantitative estimate of drug-likeness (QED) is 0.538. The first-order valence-electron chi connectivity index (χ1n) is 7.29. The molecular formula is C15H17BrN2O6. The number of hydrazine groups is 1. The van der Waals surface area contributed by atoms with E-state index in [9.17, 15) is 14.4 Å². The van der Waals surface area contributed by atoms with Crippen LogP contribution in [-0.4, -0.2) is 43.7 Å². The van der Waals surface area contributed by atoms with Crippen LogP contribution in [0.1, 0.15) is 12.8 Å². The van der Waals surface area contributed by atoms with E-state index >= 15 is 0 Å². The smallest absolute Gasteiger partial charge is 0.335 e.